The van der Waals surface area contributed by atoms with Gasteiger partial charge in [-0.05, 0) is 35.7 Å². The fourth-order valence-electron chi connectivity index (χ4n) is 2.47. The number of methoxy groups -OCH3 is 1. The average molecular weight is 468 g/mol. The molecule has 0 fully saturated rings. The third-order valence-electron chi connectivity index (χ3n) is 3.77. The van der Waals surface area contributed by atoms with Crippen LogP contribution in [0.4, 0.5) is 0 Å². The lowest BCUT2D eigenvalue weighted by molar-refractivity contribution is 0.1000. The molecule has 26 heavy (non-hydrogen) atoms. The van der Waals surface area contributed by atoms with Crippen molar-refractivity contribution in [1.82, 2.24) is 10.6 Å². The van der Waals surface area contributed by atoms with Gasteiger partial charge in [-0.1, -0.05) is 30.3 Å². The Kier molecular flexibility index (Phi) is 9.50. The average Bonchev–Trinajstić information content (AvgIpc) is 2.65. The van der Waals surface area contributed by atoms with E-state index in [-0.39, 0.29) is 24.0 Å². The van der Waals surface area contributed by atoms with E-state index in [2.05, 4.69) is 15.6 Å². The number of primary amides is 1. The number of benzene rings is 2. The minimum atomic E-state index is -0.429. The number of hydrogen-bond acceptors (Lipinski definition) is 3. The Morgan fingerprint density at radius 3 is 2.62 bits per heavy atom. The number of ether oxygens (including phenoxy) is 1. The largest absolute Gasteiger partial charge is 0.496 e. The number of aliphatic imine (C=N–C) groups is 1. The van der Waals surface area contributed by atoms with Crippen LogP contribution in [0.1, 0.15) is 21.5 Å². The van der Waals surface area contributed by atoms with Crippen molar-refractivity contribution in [3.63, 3.8) is 0 Å². The maximum absolute atomic E-state index is 11.2. The first-order chi connectivity index (χ1) is 12.1. The highest BCUT2D eigenvalue weighted by Gasteiger charge is 2.04. The van der Waals surface area contributed by atoms with Gasteiger partial charge in [0.15, 0.2) is 5.96 Å². The minimum absolute atomic E-state index is 0. The summed E-state index contributed by atoms with van der Waals surface area (Å²) in [6.45, 7) is 1.27. The van der Waals surface area contributed by atoms with Crippen LogP contribution in [0.2, 0.25) is 0 Å². The van der Waals surface area contributed by atoms with Crippen LogP contribution in [-0.4, -0.2) is 32.6 Å². The summed E-state index contributed by atoms with van der Waals surface area (Å²) in [5, 5.41) is 6.49. The molecule has 2 aromatic rings. The van der Waals surface area contributed by atoms with E-state index in [1.807, 2.05) is 36.4 Å². The van der Waals surface area contributed by atoms with Crippen molar-refractivity contribution in [3.05, 3.63) is 65.2 Å². The molecule has 140 valence electrons. The molecule has 0 saturated heterocycles. The van der Waals surface area contributed by atoms with E-state index < -0.39 is 5.91 Å². The molecule has 0 aromatic heterocycles. The quantitative estimate of drug-likeness (QED) is 0.331. The third-order valence-corrected chi connectivity index (χ3v) is 3.77. The number of guanidine groups is 1. The van der Waals surface area contributed by atoms with Crippen LogP contribution in [0.25, 0.3) is 0 Å². The van der Waals surface area contributed by atoms with Gasteiger partial charge in [0.05, 0.1) is 7.11 Å². The highest BCUT2D eigenvalue weighted by Crippen LogP contribution is 2.17. The maximum atomic E-state index is 11.2. The van der Waals surface area contributed by atoms with Crippen LogP contribution < -0.4 is 21.1 Å². The molecule has 0 aliphatic carbocycles. The van der Waals surface area contributed by atoms with Crippen LogP contribution in [-0.2, 0) is 13.0 Å². The maximum Gasteiger partial charge on any atom is 0.248 e. The molecule has 0 unspecified atom stereocenters. The first kappa shape index (κ1) is 21.8. The summed E-state index contributed by atoms with van der Waals surface area (Å²) >= 11 is 0. The zero-order chi connectivity index (χ0) is 18.1. The molecule has 2 aromatic carbocycles. The molecule has 0 spiro atoms. The number of amides is 1. The van der Waals surface area contributed by atoms with Crippen molar-refractivity contribution in [1.29, 1.82) is 0 Å². The van der Waals surface area contributed by atoms with E-state index in [0.717, 1.165) is 29.8 Å². The topological polar surface area (TPSA) is 88.7 Å². The van der Waals surface area contributed by atoms with E-state index >= 15 is 0 Å². The van der Waals surface area contributed by atoms with Gasteiger partial charge in [0.2, 0.25) is 5.91 Å². The number of nitrogens with two attached hydrogens (primary N) is 1. The number of halogens is 1. The zero-order valence-corrected chi connectivity index (χ0v) is 17.3. The van der Waals surface area contributed by atoms with E-state index in [0.29, 0.717) is 18.1 Å². The smallest absolute Gasteiger partial charge is 0.248 e. The van der Waals surface area contributed by atoms with Crippen LogP contribution in [0.5, 0.6) is 5.75 Å². The zero-order valence-electron chi connectivity index (χ0n) is 15.0. The Balaban J connectivity index is 0.00000338. The molecule has 0 saturated carbocycles. The number of nitrogens with zero attached hydrogens (tertiary/aromatic N) is 1. The molecule has 6 nitrogen and oxygen atoms in total. The Morgan fingerprint density at radius 1 is 1.15 bits per heavy atom. The van der Waals surface area contributed by atoms with Crippen LogP contribution in [0.15, 0.2) is 53.5 Å². The van der Waals surface area contributed by atoms with E-state index in [4.69, 9.17) is 10.5 Å². The van der Waals surface area contributed by atoms with Crippen molar-refractivity contribution in [2.24, 2.45) is 10.7 Å². The first-order valence-corrected chi connectivity index (χ1v) is 8.09. The predicted octanol–water partition coefficient (Wildman–Crippen LogP) is 2.32. The lowest BCUT2D eigenvalue weighted by atomic mass is 10.1. The number of carbonyl (C=O) groups is 1. The van der Waals surface area contributed by atoms with Gasteiger partial charge in [-0.25, -0.2) is 0 Å². The Hall–Kier alpha value is -2.29. The highest BCUT2D eigenvalue weighted by molar-refractivity contribution is 14.0. The molecule has 0 aliphatic rings. The summed E-state index contributed by atoms with van der Waals surface area (Å²) in [5.41, 5.74) is 7.91. The molecule has 0 atom stereocenters. The summed E-state index contributed by atoms with van der Waals surface area (Å²) in [6, 6.07) is 15.2. The summed E-state index contributed by atoms with van der Waals surface area (Å²) in [5.74, 6) is 1.15. The van der Waals surface area contributed by atoms with E-state index in [1.165, 1.54) is 0 Å². The molecule has 0 radical (unpaired) electrons. The lowest BCUT2D eigenvalue weighted by Crippen LogP contribution is -2.37. The lowest BCUT2D eigenvalue weighted by Gasteiger charge is -2.13. The number of carbonyl (C=O) groups excluding carboxylic acids is 1. The van der Waals surface area contributed by atoms with Crippen LogP contribution >= 0.6 is 24.0 Å². The molecule has 0 bridgehead atoms. The van der Waals surface area contributed by atoms with E-state index in [9.17, 15) is 4.79 Å². The molecule has 4 N–H and O–H groups in total. The second-order valence-corrected chi connectivity index (χ2v) is 5.48. The molecule has 7 heteroatoms. The third kappa shape index (κ3) is 6.55. The fourth-order valence-corrected chi connectivity index (χ4v) is 2.47. The number of hydrogen-bond donors (Lipinski definition) is 3. The van der Waals surface area contributed by atoms with Gasteiger partial charge in [-0.3, -0.25) is 9.79 Å². The van der Waals surface area contributed by atoms with Gasteiger partial charge in [-0.2, -0.15) is 0 Å². The number of rotatable bonds is 7. The highest BCUT2D eigenvalue weighted by atomic mass is 127. The molecule has 2 rings (SSSR count). The molecular weight excluding hydrogens is 443 g/mol. The standard InChI is InChI=1S/C19H24N4O2.HI/c1-21-19(22-11-10-15-7-3-4-9-17(15)25-2)23-13-14-6-5-8-16(12-14)18(20)24;/h3-9,12H,10-11,13H2,1-2H3,(H2,20,24)(H2,21,22,23);1H. The second kappa shape index (κ2) is 11.3. The summed E-state index contributed by atoms with van der Waals surface area (Å²) < 4.78 is 5.35. The Labute approximate surface area is 171 Å². The van der Waals surface area contributed by atoms with E-state index in [1.54, 1.807) is 26.3 Å². The van der Waals surface area contributed by atoms with Gasteiger partial charge < -0.3 is 21.1 Å². The number of nitrogens with one attached hydrogen (secondary N) is 2. The summed E-state index contributed by atoms with van der Waals surface area (Å²) in [6.07, 6.45) is 0.821. The summed E-state index contributed by atoms with van der Waals surface area (Å²) in [4.78, 5) is 15.4. The van der Waals surface area contributed by atoms with Crippen molar-refractivity contribution in [2.45, 2.75) is 13.0 Å². The molecular formula is C19H25IN4O2. The Morgan fingerprint density at radius 2 is 1.92 bits per heavy atom. The number of para-hydroxylation sites is 1. The van der Waals surface area contributed by atoms with Crippen molar-refractivity contribution >= 4 is 35.8 Å². The molecule has 0 aliphatic heterocycles. The second-order valence-electron chi connectivity index (χ2n) is 5.48. The van der Waals surface area contributed by atoms with Gasteiger partial charge in [0.1, 0.15) is 5.75 Å². The Bertz CT molecular complexity index is 750. The predicted molar refractivity (Wildman–Crippen MR) is 115 cm³/mol. The van der Waals surface area contributed by atoms with Crippen LogP contribution in [0, 0.1) is 0 Å². The van der Waals surface area contributed by atoms with Crippen molar-refractivity contribution in [3.8, 4) is 5.75 Å². The minimum Gasteiger partial charge on any atom is -0.496 e. The van der Waals surface area contributed by atoms with Gasteiger partial charge in [-0.15, -0.1) is 24.0 Å². The SMILES string of the molecule is CN=C(NCCc1ccccc1OC)NCc1cccc(C(N)=O)c1.I. The van der Waals surface area contributed by atoms with Crippen molar-refractivity contribution in [2.75, 3.05) is 20.7 Å². The fraction of sp³-hybridized carbons (Fsp3) is 0.263. The van der Waals surface area contributed by atoms with Gasteiger partial charge >= 0.3 is 0 Å². The monoisotopic (exact) mass is 468 g/mol. The van der Waals surface area contributed by atoms with Crippen molar-refractivity contribution < 1.29 is 9.53 Å². The van der Waals surface area contributed by atoms with Crippen LogP contribution in [0.3, 0.4) is 0 Å². The molecule has 0 heterocycles. The normalized spacial score (nSPS) is 10.6. The van der Waals surface area contributed by atoms with Gasteiger partial charge in [0.25, 0.3) is 0 Å². The summed E-state index contributed by atoms with van der Waals surface area (Å²) in [7, 11) is 3.39. The molecule has 1 amide bonds. The first-order valence-electron chi connectivity index (χ1n) is 8.09. The van der Waals surface area contributed by atoms with Gasteiger partial charge in [0, 0.05) is 25.7 Å².